The van der Waals surface area contributed by atoms with Crippen LogP contribution in [0.25, 0.3) is 0 Å². The zero-order valence-electron chi connectivity index (χ0n) is 9.99. The van der Waals surface area contributed by atoms with Gasteiger partial charge in [0.05, 0.1) is 0 Å². The van der Waals surface area contributed by atoms with Crippen molar-refractivity contribution in [2.75, 3.05) is 18.9 Å². The third kappa shape index (κ3) is 2.87. The van der Waals surface area contributed by atoms with E-state index in [1.165, 1.54) is 5.75 Å². The molecule has 90 valence electrons. The number of nitrogens with one attached hydrogen (secondary N) is 1. The van der Waals surface area contributed by atoms with E-state index < -0.39 is 0 Å². The number of rotatable bonds is 5. The van der Waals surface area contributed by atoms with Gasteiger partial charge < -0.3 is 16.2 Å². The van der Waals surface area contributed by atoms with E-state index in [4.69, 9.17) is 10.8 Å². The number of hydrogen-bond acceptors (Lipinski definition) is 4. The maximum atomic E-state index is 9.13. The molecule has 1 rings (SSSR count). The second kappa shape index (κ2) is 5.53. The summed E-state index contributed by atoms with van der Waals surface area (Å²) < 4.78 is 0. The van der Waals surface area contributed by atoms with Gasteiger partial charge in [-0.15, -0.1) is 0 Å². The van der Waals surface area contributed by atoms with Gasteiger partial charge in [0.15, 0.2) is 0 Å². The van der Waals surface area contributed by atoms with Gasteiger partial charge in [-0.3, -0.25) is 0 Å². The van der Waals surface area contributed by atoms with Crippen LogP contribution in [0, 0.1) is 5.92 Å². The average molecular weight is 232 g/mol. The van der Waals surface area contributed by atoms with Gasteiger partial charge in [0.2, 0.25) is 0 Å². The van der Waals surface area contributed by atoms with E-state index in [-0.39, 0.29) is 18.1 Å². The average Bonchev–Trinajstić information content (AvgIpc) is 2.59. The first-order valence-electron chi connectivity index (χ1n) is 5.76. The lowest BCUT2D eigenvalue weighted by Gasteiger charge is -2.37. The number of aliphatic hydroxyl groups excluding tert-OH is 1. The highest BCUT2D eigenvalue weighted by Crippen LogP contribution is 2.35. The second-order valence-electron chi connectivity index (χ2n) is 4.72. The summed E-state index contributed by atoms with van der Waals surface area (Å²) in [5.74, 6) is 1.47. The van der Waals surface area contributed by atoms with Crippen LogP contribution in [0.5, 0.6) is 0 Å². The van der Waals surface area contributed by atoms with Crippen molar-refractivity contribution in [3.05, 3.63) is 0 Å². The Bertz CT molecular complexity index is 203. The van der Waals surface area contributed by atoms with Crippen LogP contribution in [0.1, 0.15) is 27.2 Å². The quantitative estimate of drug-likeness (QED) is 0.657. The Labute approximate surface area is 97.2 Å². The first-order valence-corrected chi connectivity index (χ1v) is 6.81. The summed E-state index contributed by atoms with van der Waals surface area (Å²) >= 11 is 1.99. The molecule has 15 heavy (non-hydrogen) atoms. The monoisotopic (exact) mass is 232 g/mol. The highest BCUT2D eigenvalue weighted by molar-refractivity contribution is 8.00. The van der Waals surface area contributed by atoms with Crippen molar-refractivity contribution in [3.8, 4) is 0 Å². The second-order valence-corrected chi connectivity index (χ2v) is 6.16. The van der Waals surface area contributed by atoms with Crippen molar-refractivity contribution in [1.82, 2.24) is 5.32 Å². The molecule has 0 aromatic rings. The first-order chi connectivity index (χ1) is 7.05. The Hall–Kier alpha value is 0.230. The molecule has 1 aliphatic rings. The van der Waals surface area contributed by atoms with E-state index in [9.17, 15) is 0 Å². The number of thioether (sulfide) groups is 1. The van der Waals surface area contributed by atoms with E-state index in [1.807, 2.05) is 11.8 Å². The number of hydrogen-bond donors (Lipinski definition) is 3. The smallest absolute Gasteiger partial charge is 0.0471 e. The van der Waals surface area contributed by atoms with Crippen LogP contribution in [0.3, 0.4) is 0 Å². The molecule has 3 nitrogen and oxygen atoms in total. The minimum absolute atomic E-state index is 0.0769. The summed E-state index contributed by atoms with van der Waals surface area (Å²) in [6.07, 6.45) is 1.14. The standard InChI is InChI=1S/C11H24N2OS/c1-8(6-14)9(2)13-11(7-12)4-5-15-10(11)3/h8-10,13-14H,4-7,12H2,1-3H3. The lowest BCUT2D eigenvalue weighted by molar-refractivity contribution is 0.180. The Morgan fingerprint density at radius 2 is 2.27 bits per heavy atom. The normalized spacial score (nSPS) is 35.4. The molecule has 0 aromatic carbocycles. The van der Waals surface area contributed by atoms with Gasteiger partial charge in [0, 0.05) is 30.0 Å². The molecule has 1 saturated heterocycles. The Morgan fingerprint density at radius 1 is 1.60 bits per heavy atom. The largest absolute Gasteiger partial charge is 0.396 e. The molecule has 0 saturated carbocycles. The molecule has 4 heteroatoms. The molecule has 4 unspecified atom stereocenters. The van der Waals surface area contributed by atoms with Crippen LogP contribution in [-0.2, 0) is 0 Å². The minimum atomic E-state index is 0.0769. The van der Waals surface area contributed by atoms with Gasteiger partial charge in [0.25, 0.3) is 0 Å². The predicted molar refractivity (Wildman–Crippen MR) is 67.2 cm³/mol. The molecule has 0 aliphatic carbocycles. The third-order valence-corrected chi connectivity index (χ3v) is 5.11. The number of aliphatic hydroxyl groups is 1. The fraction of sp³-hybridized carbons (Fsp3) is 1.00. The molecule has 0 spiro atoms. The van der Waals surface area contributed by atoms with Crippen molar-refractivity contribution < 1.29 is 5.11 Å². The third-order valence-electron chi connectivity index (χ3n) is 3.72. The lowest BCUT2D eigenvalue weighted by Crippen LogP contribution is -2.59. The van der Waals surface area contributed by atoms with Crippen LogP contribution in [0.2, 0.25) is 0 Å². The molecule has 4 atom stereocenters. The fourth-order valence-corrected chi connectivity index (χ4v) is 3.49. The van der Waals surface area contributed by atoms with Crippen molar-refractivity contribution in [3.63, 3.8) is 0 Å². The summed E-state index contributed by atoms with van der Waals surface area (Å²) in [7, 11) is 0. The molecule has 1 fully saturated rings. The van der Waals surface area contributed by atoms with Crippen molar-refractivity contribution in [2.45, 2.75) is 44.0 Å². The van der Waals surface area contributed by atoms with Crippen LogP contribution >= 0.6 is 11.8 Å². The van der Waals surface area contributed by atoms with E-state index in [0.717, 1.165) is 6.42 Å². The molecule has 0 bridgehead atoms. The molecule has 0 aromatic heterocycles. The van der Waals surface area contributed by atoms with Gasteiger partial charge in [-0.05, 0) is 25.0 Å². The van der Waals surface area contributed by atoms with Gasteiger partial charge in [-0.2, -0.15) is 11.8 Å². The van der Waals surface area contributed by atoms with Crippen molar-refractivity contribution >= 4 is 11.8 Å². The predicted octanol–water partition coefficient (Wildman–Crippen LogP) is 0.816. The maximum Gasteiger partial charge on any atom is 0.0471 e. The van der Waals surface area contributed by atoms with E-state index >= 15 is 0 Å². The minimum Gasteiger partial charge on any atom is -0.396 e. The van der Waals surface area contributed by atoms with E-state index in [0.29, 0.717) is 17.8 Å². The van der Waals surface area contributed by atoms with Crippen LogP contribution < -0.4 is 11.1 Å². The SMILES string of the molecule is CC(CO)C(C)NC1(CN)CCSC1C. The van der Waals surface area contributed by atoms with E-state index in [1.54, 1.807) is 0 Å². The van der Waals surface area contributed by atoms with Gasteiger partial charge in [-0.25, -0.2) is 0 Å². The Balaban J connectivity index is 2.60. The van der Waals surface area contributed by atoms with Gasteiger partial charge >= 0.3 is 0 Å². The molecular weight excluding hydrogens is 208 g/mol. The molecular formula is C11H24N2OS. The molecule has 1 aliphatic heterocycles. The van der Waals surface area contributed by atoms with E-state index in [2.05, 4.69) is 26.1 Å². The van der Waals surface area contributed by atoms with Crippen LogP contribution in [0.4, 0.5) is 0 Å². The summed E-state index contributed by atoms with van der Waals surface area (Å²) in [5, 5.41) is 13.3. The zero-order chi connectivity index (χ0) is 11.5. The molecule has 0 amide bonds. The highest BCUT2D eigenvalue weighted by atomic mass is 32.2. The van der Waals surface area contributed by atoms with Gasteiger partial charge in [0.1, 0.15) is 0 Å². The summed E-state index contributed by atoms with van der Waals surface area (Å²) in [5.41, 5.74) is 5.99. The fourth-order valence-electron chi connectivity index (χ4n) is 2.05. The molecule has 4 N–H and O–H groups in total. The Kier molecular flexibility index (Phi) is 4.90. The van der Waals surface area contributed by atoms with Crippen LogP contribution in [0.15, 0.2) is 0 Å². The highest BCUT2D eigenvalue weighted by Gasteiger charge is 2.40. The number of nitrogens with two attached hydrogens (primary N) is 1. The van der Waals surface area contributed by atoms with Gasteiger partial charge in [-0.1, -0.05) is 13.8 Å². The zero-order valence-corrected chi connectivity index (χ0v) is 10.8. The topological polar surface area (TPSA) is 58.3 Å². The summed E-state index contributed by atoms with van der Waals surface area (Å²) in [4.78, 5) is 0. The first kappa shape index (κ1) is 13.3. The van der Waals surface area contributed by atoms with Crippen LogP contribution in [-0.4, -0.2) is 40.8 Å². The molecule has 0 radical (unpaired) electrons. The maximum absolute atomic E-state index is 9.13. The lowest BCUT2D eigenvalue weighted by atomic mass is 9.90. The molecule has 1 heterocycles. The Morgan fingerprint density at radius 3 is 2.67 bits per heavy atom. The van der Waals surface area contributed by atoms with Crippen molar-refractivity contribution in [1.29, 1.82) is 0 Å². The van der Waals surface area contributed by atoms with Crippen molar-refractivity contribution in [2.24, 2.45) is 11.7 Å². The summed E-state index contributed by atoms with van der Waals surface area (Å²) in [6.45, 7) is 7.36. The summed E-state index contributed by atoms with van der Waals surface area (Å²) in [6, 6.07) is 0.319.